The number of aliphatic imine (C=N–C) groups is 1. The molecule has 4 aliphatic carbocycles. The zero-order valence-electron chi connectivity index (χ0n) is 24.5. The maximum atomic E-state index is 13.6. The quantitative estimate of drug-likeness (QED) is 0.334. The molecule has 2 heterocycles. The molecule has 8 nitrogen and oxygen atoms in total. The van der Waals surface area contributed by atoms with Crippen LogP contribution in [0, 0.1) is 23.2 Å². The van der Waals surface area contributed by atoms with E-state index in [1.165, 1.54) is 6.42 Å². The third kappa shape index (κ3) is 4.47. The number of benzene rings is 2. The maximum absolute atomic E-state index is 13.6. The molecule has 8 heteroatoms. The molecule has 0 spiro atoms. The number of fused-ring (bicyclic) bond motifs is 4. The SMILES string of the molecule is C[C@@H]1[C@@H](N=C(Nc2ccc3c(=O)n(C4c5ccccc5C[C@@H]4O)cnc3c2)N2CCN[C@@H](C)C2)C[C@H]2C[C@@H]1C2(C)C. The monoisotopic (exact) mass is 554 g/mol. The minimum absolute atomic E-state index is 0.134. The molecule has 41 heavy (non-hydrogen) atoms. The third-order valence-corrected chi connectivity index (χ3v) is 10.8. The maximum Gasteiger partial charge on any atom is 0.261 e. The number of rotatable bonds is 3. The molecule has 1 saturated heterocycles. The number of aromatic nitrogens is 2. The zero-order chi connectivity index (χ0) is 28.5. The number of aliphatic hydroxyl groups is 1. The first-order valence-corrected chi connectivity index (χ1v) is 15.3. The highest BCUT2D eigenvalue weighted by molar-refractivity contribution is 5.96. The summed E-state index contributed by atoms with van der Waals surface area (Å²) in [6, 6.07) is 14.0. The summed E-state index contributed by atoms with van der Waals surface area (Å²) < 4.78 is 1.60. The van der Waals surface area contributed by atoms with Crippen molar-refractivity contribution in [3.05, 3.63) is 70.3 Å². The Morgan fingerprint density at radius 1 is 1.17 bits per heavy atom. The summed E-state index contributed by atoms with van der Waals surface area (Å²) in [7, 11) is 0. The van der Waals surface area contributed by atoms with Crippen LogP contribution in [0.5, 0.6) is 0 Å². The number of anilines is 1. The lowest BCUT2D eigenvalue weighted by Gasteiger charge is -2.61. The molecule has 2 aromatic carbocycles. The van der Waals surface area contributed by atoms with Gasteiger partial charge >= 0.3 is 0 Å². The lowest BCUT2D eigenvalue weighted by molar-refractivity contribution is -0.108. The first kappa shape index (κ1) is 26.7. The van der Waals surface area contributed by atoms with E-state index in [-0.39, 0.29) is 5.56 Å². The van der Waals surface area contributed by atoms with Gasteiger partial charge in [-0.3, -0.25) is 9.36 Å². The zero-order valence-corrected chi connectivity index (χ0v) is 24.5. The van der Waals surface area contributed by atoms with Crippen LogP contribution in [0.1, 0.15) is 57.7 Å². The molecule has 4 fully saturated rings. The lowest BCUT2D eigenvalue weighted by atomic mass is 9.45. The standard InChI is InChI=1S/C33H42N6O2/c1-19-17-38(12-11-34-19)32(37-27-15-22-14-26(20(27)2)33(22,3)4)36-23-9-10-25-28(16-23)35-18-39(31(25)41)30-24-8-6-5-7-21(24)13-29(30)40/h5-10,16,18-20,22,26-27,29-30,34,40H,11-15,17H2,1-4H3,(H,36,37)/t19-,20-,22+,26-,27-,29-,30?/m0/s1. The Balaban J connectivity index is 1.19. The molecule has 2 bridgehead atoms. The van der Waals surface area contributed by atoms with Gasteiger partial charge in [-0.2, -0.15) is 0 Å². The Kier molecular flexibility index (Phi) is 6.47. The number of nitrogens with one attached hydrogen (secondary N) is 2. The van der Waals surface area contributed by atoms with E-state index in [2.05, 4.69) is 43.2 Å². The predicted octanol–water partition coefficient (Wildman–Crippen LogP) is 4.04. The van der Waals surface area contributed by atoms with Crippen LogP contribution in [-0.4, -0.2) is 63.3 Å². The van der Waals surface area contributed by atoms with Gasteiger partial charge in [0.25, 0.3) is 5.56 Å². The highest BCUT2D eigenvalue weighted by atomic mass is 16.3. The molecule has 216 valence electrons. The molecular formula is C33H42N6O2. The van der Waals surface area contributed by atoms with Crippen molar-refractivity contribution >= 4 is 22.5 Å². The summed E-state index contributed by atoms with van der Waals surface area (Å²) in [6.45, 7) is 12.2. The second-order valence-electron chi connectivity index (χ2n) is 13.5. The van der Waals surface area contributed by atoms with Crippen molar-refractivity contribution in [3.8, 4) is 0 Å². The number of hydrogen-bond donors (Lipinski definition) is 3. The molecule has 5 aliphatic rings. The minimum atomic E-state index is -0.649. The third-order valence-electron chi connectivity index (χ3n) is 10.8. The molecule has 3 aromatic rings. The van der Waals surface area contributed by atoms with Crippen molar-refractivity contribution in [2.45, 2.75) is 71.2 Å². The fourth-order valence-electron chi connectivity index (χ4n) is 8.20. The van der Waals surface area contributed by atoms with Gasteiger partial charge in [-0.1, -0.05) is 45.0 Å². The number of guanidine groups is 1. The van der Waals surface area contributed by atoms with Crippen molar-refractivity contribution in [2.24, 2.45) is 28.2 Å². The van der Waals surface area contributed by atoms with Crippen molar-refractivity contribution in [2.75, 3.05) is 25.0 Å². The molecule has 0 amide bonds. The summed E-state index contributed by atoms with van der Waals surface area (Å²) in [6.07, 6.45) is 3.97. The lowest BCUT2D eigenvalue weighted by Crippen LogP contribution is -2.57. The van der Waals surface area contributed by atoms with Gasteiger partial charge in [0.1, 0.15) is 0 Å². The molecule has 8 rings (SSSR count). The Labute approximate surface area is 241 Å². The van der Waals surface area contributed by atoms with E-state index in [1.54, 1.807) is 10.9 Å². The van der Waals surface area contributed by atoms with Crippen LogP contribution < -0.4 is 16.2 Å². The van der Waals surface area contributed by atoms with Crippen molar-refractivity contribution in [3.63, 3.8) is 0 Å². The average Bonchev–Trinajstić information content (AvgIpc) is 3.29. The molecule has 1 unspecified atom stereocenters. The number of piperazine rings is 1. The average molecular weight is 555 g/mol. The predicted molar refractivity (Wildman–Crippen MR) is 163 cm³/mol. The number of aliphatic hydroxyl groups excluding tert-OH is 1. The summed E-state index contributed by atoms with van der Waals surface area (Å²) in [5.74, 6) is 2.96. The molecule has 3 saturated carbocycles. The summed E-state index contributed by atoms with van der Waals surface area (Å²) in [5.41, 5.74) is 3.89. The fraction of sp³-hybridized carbons (Fsp3) is 0.545. The van der Waals surface area contributed by atoms with Gasteiger partial charge in [-0.25, -0.2) is 9.98 Å². The summed E-state index contributed by atoms with van der Waals surface area (Å²) >= 11 is 0. The largest absolute Gasteiger partial charge is 0.390 e. The van der Waals surface area contributed by atoms with E-state index in [9.17, 15) is 9.90 Å². The Morgan fingerprint density at radius 2 is 2.00 bits per heavy atom. The second-order valence-corrected chi connectivity index (χ2v) is 13.5. The van der Waals surface area contributed by atoms with E-state index in [0.717, 1.165) is 60.7 Å². The van der Waals surface area contributed by atoms with Gasteiger partial charge in [-0.15, -0.1) is 0 Å². The Bertz CT molecular complexity index is 1560. The van der Waals surface area contributed by atoms with Gasteiger partial charge in [0.05, 0.1) is 35.4 Å². The van der Waals surface area contributed by atoms with Crippen LogP contribution in [0.25, 0.3) is 10.9 Å². The normalized spacial score (nSPS) is 32.5. The van der Waals surface area contributed by atoms with Gasteiger partial charge < -0.3 is 20.6 Å². The van der Waals surface area contributed by atoms with Crippen molar-refractivity contribution in [1.29, 1.82) is 0 Å². The van der Waals surface area contributed by atoms with Gasteiger partial charge in [0.2, 0.25) is 0 Å². The van der Waals surface area contributed by atoms with Crippen LogP contribution >= 0.6 is 0 Å². The number of nitrogens with zero attached hydrogens (tertiary/aromatic N) is 4. The van der Waals surface area contributed by atoms with E-state index in [0.29, 0.717) is 40.7 Å². The molecule has 3 N–H and O–H groups in total. The van der Waals surface area contributed by atoms with Crippen LogP contribution in [0.15, 0.2) is 58.6 Å². The van der Waals surface area contributed by atoms with Crippen LogP contribution in [0.4, 0.5) is 5.69 Å². The van der Waals surface area contributed by atoms with Gasteiger partial charge in [-0.05, 0) is 72.3 Å². The molecule has 0 radical (unpaired) electrons. The molecule has 7 atom stereocenters. The van der Waals surface area contributed by atoms with E-state index in [4.69, 9.17) is 9.98 Å². The topological polar surface area (TPSA) is 94.8 Å². The molecule has 1 aliphatic heterocycles. The second kappa shape index (κ2) is 9.95. The van der Waals surface area contributed by atoms with Crippen molar-refractivity contribution < 1.29 is 5.11 Å². The Morgan fingerprint density at radius 3 is 2.78 bits per heavy atom. The smallest absolute Gasteiger partial charge is 0.261 e. The first-order valence-electron chi connectivity index (χ1n) is 15.3. The first-order chi connectivity index (χ1) is 19.7. The van der Waals surface area contributed by atoms with E-state index >= 15 is 0 Å². The van der Waals surface area contributed by atoms with E-state index < -0.39 is 12.1 Å². The highest BCUT2D eigenvalue weighted by Crippen LogP contribution is 2.61. The van der Waals surface area contributed by atoms with Crippen molar-refractivity contribution in [1.82, 2.24) is 19.8 Å². The summed E-state index contributed by atoms with van der Waals surface area (Å²) in [4.78, 5) is 26.1. The minimum Gasteiger partial charge on any atom is -0.390 e. The van der Waals surface area contributed by atoms with Gasteiger partial charge in [0.15, 0.2) is 5.96 Å². The fourth-order valence-corrected chi connectivity index (χ4v) is 8.20. The van der Waals surface area contributed by atoms with E-state index in [1.807, 2.05) is 42.5 Å². The van der Waals surface area contributed by atoms with Crippen LogP contribution in [0.2, 0.25) is 0 Å². The van der Waals surface area contributed by atoms with Gasteiger partial charge in [0, 0.05) is 37.8 Å². The summed E-state index contributed by atoms with van der Waals surface area (Å²) in [5, 5.41) is 18.6. The van der Waals surface area contributed by atoms with Crippen LogP contribution in [0.3, 0.4) is 0 Å². The molecule has 1 aromatic heterocycles. The van der Waals surface area contributed by atoms with Crippen LogP contribution in [-0.2, 0) is 6.42 Å². The number of hydrogen-bond acceptors (Lipinski definition) is 5. The Hall–Kier alpha value is -3.23. The molecular weight excluding hydrogens is 512 g/mol. The highest BCUT2D eigenvalue weighted by Gasteiger charge is 2.56.